The van der Waals surface area contributed by atoms with E-state index >= 15 is 0 Å². The van der Waals surface area contributed by atoms with Crippen LogP contribution in [0.2, 0.25) is 0 Å². The smallest absolute Gasteiger partial charge is 0.242 e. The minimum absolute atomic E-state index is 0.0968. The molecule has 3 rings (SSSR count). The Labute approximate surface area is 139 Å². The number of nitrogens with zero attached hydrogens (tertiary/aromatic N) is 2. The second kappa shape index (κ2) is 7.14. The summed E-state index contributed by atoms with van der Waals surface area (Å²) in [5.74, 6) is -0.0180. The fourth-order valence-electron chi connectivity index (χ4n) is 2.64. The monoisotopic (exact) mass is 325 g/mol. The summed E-state index contributed by atoms with van der Waals surface area (Å²) in [6, 6.07) is 14.0. The summed E-state index contributed by atoms with van der Waals surface area (Å²) >= 11 is 0. The first-order valence-electron chi connectivity index (χ1n) is 7.74. The van der Waals surface area contributed by atoms with E-state index in [9.17, 15) is 15.0 Å². The fourth-order valence-corrected chi connectivity index (χ4v) is 2.64. The predicted molar refractivity (Wildman–Crippen MR) is 90.6 cm³/mol. The molecule has 0 aliphatic heterocycles. The van der Waals surface area contributed by atoms with Crippen molar-refractivity contribution in [3.8, 4) is 5.75 Å². The lowest BCUT2D eigenvalue weighted by atomic mass is 10.1. The van der Waals surface area contributed by atoms with Crippen LogP contribution >= 0.6 is 0 Å². The summed E-state index contributed by atoms with van der Waals surface area (Å²) in [4.78, 5) is 12.2. The molecule has 0 bridgehead atoms. The van der Waals surface area contributed by atoms with Crippen LogP contribution in [0.15, 0.2) is 54.7 Å². The molecule has 2 aromatic carbocycles. The third kappa shape index (κ3) is 3.72. The summed E-state index contributed by atoms with van der Waals surface area (Å²) in [6.07, 6.45) is 2.21. The van der Waals surface area contributed by atoms with Crippen LogP contribution in [0.5, 0.6) is 5.75 Å². The molecule has 0 spiro atoms. The molecule has 0 saturated carbocycles. The predicted octanol–water partition coefficient (Wildman–Crippen LogP) is 1.46. The maximum absolute atomic E-state index is 12.2. The van der Waals surface area contributed by atoms with Gasteiger partial charge in [-0.25, -0.2) is 0 Å². The number of aliphatic hydroxyl groups excluding tert-OH is 1. The van der Waals surface area contributed by atoms with Gasteiger partial charge in [0.15, 0.2) is 0 Å². The molecule has 0 saturated heterocycles. The number of hydrogen-bond acceptors (Lipinski definition) is 4. The number of benzene rings is 2. The normalized spacial score (nSPS) is 12.2. The topological polar surface area (TPSA) is 87.4 Å². The molecular formula is C18H19N3O3. The van der Waals surface area contributed by atoms with Gasteiger partial charge >= 0.3 is 0 Å². The third-order valence-electron chi connectivity index (χ3n) is 3.85. The molecule has 1 amide bonds. The van der Waals surface area contributed by atoms with Crippen LogP contribution in [0, 0.1) is 0 Å². The summed E-state index contributed by atoms with van der Waals surface area (Å²) in [7, 11) is 0. The SMILES string of the molecule is O=C(Cn1ncc2ccccc21)N[C@H](CO)Cc1ccc(O)cc1. The lowest BCUT2D eigenvalue weighted by Gasteiger charge is -2.16. The maximum Gasteiger partial charge on any atom is 0.242 e. The number of carbonyl (C=O) groups is 1. The number of aliphatic hydroxyl groups is 1. The molecule has 0 aliphatic carbocycles. The van der Waals surface area contributed by atoms with Crippen molar-refractivity contribution < 1.29 is 15.0 Å². The zero-order valence-corrected chi connectivity index (χ0v) is 13.1. The van der Waals surface area contributed by atoms with Crippen molar-refractivity contribution in [3.05, 3.63) is 60.3 Å². The van der Waals surface area contributed by atoms with Gasteiger partial charge in [0, 0.05) is 5.39 Å². The number of phenols is 1. The Morgan fingerprint density at radius 3 is 2.67 bits per heavy atom. The summed E-state index contributed by atoms with van der Waals surface area (Å²) in [5, 5.41) is 26.8. The largest absolute Gasteiger partial charge is 0.508 e. The van der Waals surface area contributed by atoms with Gasteiger partial charge in [-0.3, -0.25) is 9.48 Å². The van der Waals surface area contributed by atoms with Gasteiger partial charge in [0.2, 0.25) is 5.91 Å². The van der Waals surface area contributed by atoms with Crippen LogP contribution < -0.4 is 5.32 Å². The third-order valence-corrected chi connectivity index (χ3v) is 3.85. The van der Waals surface area contributed by atoms with Crippen molar-refractivity contribution in [3.63, 3.8) is 0 Å². The molecule has 24 heavy (non-hydrogen) atoms. The Bertz CT molecular complexity index is 827. The van der Waals surface area contributed by atoms with Gasteiger partial charge in [0.1, 0.15) is 12.3 Å². The van der Waals surface area contributed by atoms with Crippen LogP contribution in [0.25, 0.3) is 10.9 Å². The minimum atomic E-state index is -0.385. The number of fused-ring (bicyclic) bond motifs is 1. The van der Waals surface area contributed by atoms with Crippen LogP contribution in [0.3, 0.4) is 0 Å². The van der Waals surface area contributed by atoms with Gasteiger partial charge in [0.05, 0.1) is 24.4 Å². The summed E-state index contributed by atoms with van der Waals surface area (Å²) in [6.45, 7) is -0.0634. The Hall–Kier alpha value is -2.86. The number of para-hydroxylation sites is 1. The van der Waals surface area contributed by atoms with E-state index in [1.54, 1.807) is 35.1 Å². The molecule has 6 nitrogen and oxygen atoms in total. The number of phenolic OH excluding ortho intramolecular Hbond substituents is 1. The average Bonchev–Trinajstić information content (AvgIpc) is 2.99. The molecule has 3 N–H and O–H groups in total. The van der Waals surface area contributed by atoms with Crippen LogP contribution in [0.4, 0.5) is 0 Å². The van der Waals surface area contributed by atoms with Gasteiger partial charge < -0.3 is 15.5 Å². The van der Waals surface area contributed by atoms with Gasteiger partial charge in [-0.2, -0.15) is 5.10 Å². The number of rotatable bonds is 6. The number of aromatic hydroxyl groups is 1. The standard InChI is InChI=1S/C18H19N3O3/c22-12-15(9-13-5-7-16(23)8-6-13)20-18(24)11-21-17-4-2-1-3-14(17)10-19-21/h1-8,10,15,22-23H,9,11-12H2,(H,20,24)/t15-/m0/s1. The molecule has 1 heterocycles. The highest BCUT2D eigenvalue weighted by atomic mass is 16.3. The van der Waals surface area contributed by atoms with Crippen molar-refractivity contribution in [2.24, 2.45) is 0 Å². The van der Waals surface area contributed by atoms with Crippen molar-refractivity contribution in [1.29, 1.82) is 0 Å². The Kier molecular flexibility index (Phi) is 4.77. The van der Waals surface area contributed by atoms with E-state index in [4.69, 9.17) is 0 Å². The highest BCUT2D eigenvalue weighted by Crippen LogP contribution is 2.13. The quantitative estimate of drug-likeness (QED) is 0.640. The fraction of sp³-hybridized carbons (Fsp3) is 0.222. The Balaban J connectivity index is 1.63. The average molecular weight is 325 g/mol. The number of amides is 1. The van der Waals surface area contributed by atoms with Crippen LogP contribution in [-0.4, -0.2) is 38.5 Å². The van der Waals surface area contributed by atoms with E-state index in [1.165, 1.54) is 0 Å². The van der Waals surface area contributed by atoms with Gasteiger partial charge in [-0.05, 0) is 30.2 Å². The molecule has 0 unspecified atom stereocenters. The maximum atomic E-state index is 12.2. The van der Waals surface area contributed by atoms with Crippen LogP contribution in [-0.2, 0) is 17.8 Å². The molecule has 3 aromatic rings. The number of carbonyl (C=O) groups excluding carboxylic acids is 1. The first-order valence-corrected chi connectivity index (χ1v) is 7.74. The lowest BCUT2D eigenvalue weighted by molar-refractivity contribution is -0.122. The van der Waals surface area contributed by atoms with E-state index in [0.717, 1.165) is 16.5 Å². The molecule has 1 atom stereocenters. The first kappa shape index (κ1) is 16.0. The molecule has 6 heteroatoms. The minimum Gasteiger partial charge on any atom is -0.508 e. The van der Waals surface area contributed by atoms with Crippen molar-refractivity contribution in [2.75, 3.05) is 6.61 Å². The van der Waals surface area contributed by atoms with E-state index < -0.39 is 0 Å². The summed E-state index contributed by atoms with van der Waals surface area (Å²) < 4.78 is 1.64. The highest BCUT2D eigenvalue weighted by Gasteiger charge is 2.14. The van der Waals surface area contributed by atoms with Crippen molar-refractivity contribution in [2.45, 2.75) is 19.0 Å². The van der Waals surface area contributed by atoms with Crippen molar-refractivity contribution >= 4 is 16.8 Å². The van der Waals surface area contributed by atoms with Gasteiger partial charge in [-0.1, -0.05) is 30.3 Å². The summed E-state index contributed by atoms with van der Waals surface area (Å²) in [5.41, 5.74) is 1.82. The van der Waals surface area contributed by atoms with E-state index in [-0.39, 0.29) is 30.9 Å². The Morgan fingerprint density at radius 2 is 1.92 bits per heavy atom. The van der Waals surface area contributed by atoms with E-state index in [0.29, 0.717) is 6.42 Å². The number of nitrogens with one attached hydrogen (secondary N) is 1. The molecular weight excluding hydrogens is 306 g/mol. The van der Waals surface area contributed by atoms with Gasteiger partial charge in [-0.15, -0.1) is 0 Å². The Morgan fingerprint density at radius 1 is 1.17 bits per heavy atom. The molecule has 1 aromatic heterocycles. The van der Waals surface area contributed by atoms with Gasteiger partial charge in [0.25, 0.3) is 0 Å². The zero-order chi connectivity index (χ0) is 16.9. The lowest BCUT2D eigenvalue weighted by Crippen LogP contribution is -2.40. The van der Waals surface area contributed by atoms with Crippen molar-refractivity contribution in [1.82, 2.24) is 15.1 Å². The molecule has 124 valence electrons. The van der Waals surface area contributed by atoms with Crippen LogP contribution in [0.1, 0.15) is 5.56 Å². The van der Waals surface area contributed by atoms with E-state index in [2.05, 4.69) is 10.4 Å². The molecule has 0 radical (unpaired) electrons. The first-order chi connectivity index (χ1) is 11.7. The second-order valence-corrected chi connectivity index (χ2v) is 5.68. The number of hydrogen-bond donors (Lipinski definition) is 3. The second-order valence-electron chi connectivity index (χ2n) is 5.68. The number of aromatic nitrogens is 2. The zero-order valence-electron chi connectivity index (χ0n) is 13.1. The highest BCUT2D eigenvalue weighted by molar-refractivity contribution is 5.82. The van der Waals surface area contributed by atoms with E-state index in [1.807, 2.05) is 24.3 Å². The molecule has 0 fully saturated rings. The molecule has 0 aliphatic rings.